The van der Waals surface area contributed by atoms with Crippen molar-refractivity contribution < 1.29 is 9.59 Å². The quantitative estimate of drug-likeness (QED) is 0.769. The highest BCUT2D eigenvalue weighted by Gasteiger charge is 2.30. The van der Waals surface area contributed by atoms with Crippen LogP contribution in [0.1, 0.15) is 24.8 Å². The summed E-state index contributed by atoms with van der Waals surface area (Å²) in [4.78, 5) is 25.9. The first-order valence-electron chi connectivity index (χ1n) is 8.49. The van der Waals surface area contributed by atoms with Gasteiger partial charge in [-0.05, 0) is 48.6 Å². The van der Waals surface area contributed by atoms with Crippen molar-refractivity contribution in [3.63, 3.8) is 0 Å². The molecule has 1 heterocycles. The first kappa shape index (κ1) is 17.6. The van der Waals surface area contributed by atoms with Gasteiger partial charge in [-0.2, -0.15) is 11.8 Å². The number of halogens is 1. The van der Waals surface area contributed by atoms with Crippen LogP contribution in [0.3, 0.4) is 0 Å². The van der Waals surface area contributed by atoms with E-state index in [0.717, 1.165) is 23.7 Å². The lowest BCUT2D eigenvalue weighted by Crippen LogP contribution is -2.38. The van der Waals surface area contributed by atoms with Crippen LogP contribution in [0.15, 0.2) is 24.3 Å². The van der Waals surface area contributed by atoms with Crippen LogP contribution < -0.4 is 5.32 Å². The number of rotatable bonds is 8. The van der Waals surface area contributed by atoms with Crippen molar-refractivity contribution in [3.05, 3.63) is 34.9 Å². The van der Waals surface area contributed by atoms with Gasteiger partial charge in [-0.15, -0.1) is 0 Å². The molecule has 0 aromatic heterocycles. The second-order valence-electron chi connectivity index (χ2n) is 6.65. The fraction of sp³-hybridized carbons (Fsp3) is 0.556. The maximum Gasteiger partial charge on any atom is 0.230 e. The molecule has 0 unspecified atom stereocenters. The average Bonchev–Trinajstić information content (AvgIpc) is 3.29. The molecule has 2 amide bonds. The minimum Gasteiger partial charge on any atom is -0.350 e. The molecule has 4 nitrogen and oxygen atoms in total. The Morgan fingerprint density at radius 1 is 1.38 bits per heavy atom. The second-order valence-corrected chi connectivity index (χ2v) is 8.11. The molecule has 130 valence electrons. The normalized spacial score (nSPS) is 20.5. The van der Waals surface area contributed by atoms with E-state index < -0.39 is 0 Å². The largest absolute Gasteiger partial charge is 0.350 e. The van der Waals surface area contributed by atoms with Crippen molar-refractivity contribution in [3.8, 4) is 0 Å². The van der Waals surface area contributed by atoms with Crippen LogP contribution in [0.2, 0.25) is 5.02 Å². The number of nitrogens with zero attached hydrogens (tertiary/aromatic N) is 1. The van der Waals surface area contributed by atoms with Gasteiger partial charge in [0.2, 0.25) is 11.8 Å². The Balaban J connectivity index is 1.38. The van der Waals surface area contributed by atoms with Crippen molar-refractivity contribution >= 4 is 35.2 Å². The summed E-state index contributed by atoms with van der Waals surface area (Å²) in [5.74, 6) is 2.59. The molecule has 0 bridgehead atoms. The maximum absolute atomic E-state index is 12.1. The number of hydrogen-bond donors (Lipinski definition) is 1. The van der Waals surface area contributed by atoms with E-state index in [0.29, 0.717) is 30.3 Å². The smallest absolute Gasteiger partial charge is 0.230 e. The Labute approximate surface area is 152 Å². The molecular weight excluding hydrogens is 344 g/mol. The number of amides is 2. The Morgan fingerprint density at radius 3 is 2.96 bits per heavy atom. The monoisotopic (exact) mass is 366 g/mol. The Kier molecular flexibility index (Phi) is 6.06. The molecule has 1 aromatic rings. The molecule has 2 fully saturated rings. The molecule has 1 saturated heterocycles. The molecule has 1 N–H and O–H groups in total. The minimum atomic E-state index is -0.0501. The summed E-state index contributed by atoms with van der Waals surface area (Å²) in [5, 5.41) is 3.71. The Bertz CT molecular complexity index is 606. The van der Waals surface area contributed by atoms with E-state index in [4.69, 9.17) is 11.6 Å². The first-order chi connectivity index (χ1) is 11.6. The minimum absolute atomic E-state index is 0.0501. The lowest BCUT2D eigenvalue weighted by atomic mass is 10.1. The molecule has 1 atom stereocenters. The van der Waals surface area contributed by atoms with Gasteiger partial charge in [0.25, 0.3) is 0 Å². The van der Waals surface area contributed by atoms with Crippen molar-refractivity contribution in [1.82, 2.24) is 10.2 Å². The molecule has 0 spiro atoms. The van der Waals surface area contributed by atoms with Gasteiger partial charge >= 0.3 is 0 Å². The van der Waals surface area contributed by atoms with Crippen LogP contribution in [0, 0.1) is 5.92 Å². The second kappa shape index (κ2) is 8.26. The summed E-state index contributed by atoms with van der Waals surface area (Å²) < 4.78 is 0. The van der Waals surface area contributed by atoms with E-state index in [-0.39, 0.29) is 17.9 Å². The van der Waals surface area contributed by atoms with E-state index in [9.17, 15) is 9.59 Å². The first-order valence-corrected chi connectivity index (χ1v) is 10.0. The summed E-state index contributed by atoms with van der Waals surface area (Å²) in [6.45, 7) is 1.28. The van der Waals surface area contributed by atoms with Gasteiger partial charge in [0.15, 0.2) is 0 Å². The van der Waals surface area contributed by atoms with Crippen molar-refractivity contribution in [2.24, 2.45) is 5.92 Å². The van der Waals surface area contributed by atoms with Crippen LogP contribution in [0.5, 0.6) is 0 Å². The summed E-state index contributed by atoms with van der Waals surface area (Å²) in [6, 6.07) is 7.66. The number of thioether (sulfide) groups is 1. The van der Waals surface area contributed by atoms with Gasteiger partial charge in [-0.3, -0.25) is 9.59 Å². The third kappa shape index (κ3) is 5.42. The fourth-order valence-electron chi connectivity index (χ4n) is 2.91. The number of nitrogens with one attached hydrogen (secondary N) is 1. The molecule has 1 saturated carbocycles. The van der Waals surface area contributed by atoms with Crippen LogP contribution >= 0.6 is 23.4 Å². The number of hydrogen-bond acceptors (Lipinski definition) is 3. The molecule has 2 aliphatic rings. The molecular formula is C18H23ClN2O2S. The van der Waals surface area contributed by atoms with Gasteiger partial charge in [-0.25, -0.2) is 0 Å². The van der Waals surface area contributed by atoms with Crippen molar-refractivity contribution in [2.45, 2.75) is 31.7 Å². The number of carbonyl (C=O) groups excluding carboxylic acids is 2. The average molecular weight is 367 g/mol. The van der Waals surface area contributed by atoms with Gasteiger partial charge in [0.1, 0.15) is 0 Å². The summed E-state index contributed by atoms with van der Waals surface area (Å²) >= 11 is 7.69. The molecule has 3 rings (SSSR count). The number of carbonyl (C=O) groups is 2. The van der Waals surface area contributed by atoms with Gasteiger partial charge in [0, 0.05) is 24.5 Å². The van der Waals surface area contributed by atoms with Gasteiger partial charge < -0.3 is 10.2 Å². The molecule has 0 radical (unpaired) electrons. The predicted octanol–water partition coefficient (Wildman–Crippen LogP) is 2.74. The Hall–Kier alpha value is -1.20. The van der Waals surface area contributed by atoms with Crippen molar-refractivity contribution in [1.29, 1.82) is 0 Å². The highest BCUT2D eigenvalue weighted by molar-refractivity contribution is 7.99. The van der Waals surface area contributed by atoms with E-state index in [1.54, 1.807) is 11.8 Å². The molecule has 1 aliphatic heterocycles. The highest BCUT2D eigenvalue weighted by atomic mass is 35.5. The summed E-state index contributed by atoms with van der Waals surface area (Å²) in [6.07, 6.45) is 3.82. The van der Waals surface area contributed by atoms with E-state index >= 15 is 0 Å². The number of likely N-dealkylation sites (tertiary alicyclic amines) is 1. The maximum atomic E-state index is 12.1. The van der Waals surface area contributed by atoms with E-state index in [1.807, 2.05) is 29.2 Å². The number of benzene rings is 1. The fourth-order valence-corrected chi connectivity index (χ4v) is 4.18. The molecule has 24 heavy (non-hydrogen) atoms. The lowest BCUT2D eigenvalue weighted by Gasteiger charge is -2.17. The summed E-state index contributed by atoms with van der Waals surface area (Å²) in [7, 11) is 0. The van der Waals surface area contributed by atoms with Crippen molar-refractivity contribution in [2.75, 3.05) is 24.6 Å². The zero-order valence-corrected chi connectivity index (χ0v) is 15.2. The third-order valence-corrected chi connectivity index (χ3v) is 5.83. The SMILES string of the molecule is O=C(CSCC1CC1)N[C@@H]1CC(=O)N(CCc2cccc(Cl)c2)C1. The zero-order chi connectivity index (χ0) is 16.9. The third-order valence-electron chi connectivity index (χ3n) is 4.42. The van der Waals surface area contributed by atoms with Crippen LogP contribution in [-0.4, -0.2) is 47.4 Å². The van der Waals surface area contributed by atoms with Gasteiger partial charge in [0.05, 0.1) is 11.8 Å². The zero-order valence-electron chi connectivity index (χ0n) is 13.7. The predicted molar refractivity (Wildman–Crippen MR) is 98.3 cm³/mol. The molecule has 1 aromatic carbocycles. The Morgan fingerprint density at radius 2 is 2.21 bits per heavy atom. The van der Waals surface area contributed by atoms with E-state index in [2.05, 4.69) is 5.32 Å². The van der Waals surface area contributed by atoms with Crippen LogP contribution in [0.25, 0.3) is 0 Å². The standard InChI is InChI=1S/C18H23ClN2O2S/c19-15-3-1-2-13(8-15)6-7-21-10-16(9-18(21)23)20-17(22)12-24-11-14-4-5-14/h1-3,8,14,16H,4-7,9-12H2,(H,20,22)/t16-/m1/s1. The lowest BCUT2D eigenvalue weighted by molar-refractivity contribution is -0.127. The molecule has 1 aliphatic carbocycles. The summed E-state index contributed by atoms with van der Waals surface area (Å²) in [5.41, 5.74) is 1.12. The van der Waals surface area contributed by atoms with Crippen LogP contribution in [-0.2, 0) is 16.0 Å². The topological polar surface area (TPSA) is 49.4 Å². The van der Waals surface area contributed by atoms with E-state index in [1.165, 1.54) is 12.8 Å². The highest BCUT2D eigenvalue weighted by Crippen LogP contribution is 2.32. The molecule has 6 heteroatoms. The van der Waals surface area contributed by atoms with Gasteiger partial charge in [-0.1, -0.05) is 23.7 Å². The van der Waals surface area contributed by atoms with Crippen LogP contribution in [0.4, 0.5) is 0 Å².